The van der Waals surface area contributed by atoms with Crippen molar-refractivity contribution in [2.45, 2.75) is 19.4 Å². The van der Waals surface area contributed by atoms with E-state index in [0.717, 1.165) is 20.6 Å². The fourth-order valence-electron chi connectivity index (χ4n) is 1.51. The van der Waals surface area contributed by atoms with Crippen LogP contribution >= 0.6 is 27.3 Å². The minimum atomic E-state index is -0.474. The monoisotopic (exact) mass is 297 g/mol. The Morgan fingerprint density at radius 2 is 2.31 bits per heavy atom. The Hall–Kier alpha value is -0.710. The van der Waals surface area contributed by atoms with Crippen LogP contribution in [0.3, 0.4) is 0 Å². The molecule has 16 heavy (non-hydrogen) atoms. The van der Waals surface area contributed by atoms with E-state index in [2.05, 4.69) is 20.9 Å². The van der Waals surface area contributed by atoms with Crippen LogP contribution in [-0.4, -0.2) is 10.1 Å². The molecule has 1 atom stereocenters. The summed E-state index contributed by atoms with van der Waals surface area (Å²) in [6.45, 7) is 2.02. The van der Waals surface area contributed by atoms with E-state index in [9.17, 15) is 5.11 Å². The second-order valence-corrected chi connectivity index (χ2v) is 5.49. The lowest BCUT2D eigenvalue weighted by molar-refractivity contribution is 0.178. The quantitative estimate of drug-likeness (QED) is 0.941. The highest BCUT2D eigenvalue weighted by Crippen LogP contribution is 2.24. The van der Waals surface area contributed by atoms with E-state index < -0.39 is 6.10 Å². The summed E-state index contributed by atoms with van der Waals surface area (Å²) in [6, 6.07) is 5.91. The third-order valence-electron chi connectivity index (χ3n) is 2.42. The minimum absolute atomic E-state index is 0.474. The fraction of sp³-hybridized carbons (Fsp3) is 0.250. The summed E-state index contributed by atoms with van der Waals surface area (Å²) in [5.74, 6) is 0. The van der Waals surface area contributed by atoms with Crippen molar-refractivity contribution >= 4 is 27.3 Å². The van der Waals surface area contributed by atoms with E-state index >= 15 is 0 Å². The second-order valence-electron chi connectivity index (χ2n) is 3.65. The molecule has 2 nitrogen and oxygen atoms in total. The summed E-state index contributed by atoms with van der Waals surface area (Å²) >= 11 is 5.02. The van der Waals surface area contributed by atoms with Crippen LogP contribution < -0.4 is 0 Å². The van der Waals surface area contributed by atoms with Gasteiger partial charge in [-0.25, -0.2) is 4.98 Å². The highest BCUT2D eigenvalue weighted by molar-refractivity contribution is 9.10. The fourth-order valence-corrected chi connectivity index (χ4v) is 2.41. The molecule has 0 bridgehead atoms. The number of aromatic nitrogens is 1. The van der Waals surface area contributed by atoms with Gasteiger partial charge < -0.3 is 5.11 Å². The maximum absolute atomic E-state index is 10.1. The lowest BCUT2D eigenvalue weighted by Crippen LogP contribution is -2.01. The maximum Gasteiger partial charge on any atom is 0.0954 e. The Bertz CT molecular complexity index is 470. The molecule has 0 fully saturated rings. The van der Waals surface area contributed by atoms with Gasteiger partial charge in [-0.1, -0.05) is 28.1 Å². The van der Waals surface area contributed by atoms with Crippen LogP contribution in [0.25, 0.3) is 0 Å². The smallest absolute Gasteiger partial charge is 0.0954 e. The van der Waals surface area contributed by atoms with Gasteiger partial charge in [-0.2, -0.15) is 0 Å². The first kappa shape index (κ1) is 11.8. The third kappa shape index (κ3) is 2.70. The summed E-state index contributed by atoms with van der Waals surface area (Å²) in [5, 5.41) is 13.0. The molecule has 0 radical (unpaired) electrons. The molecule has 2 rings (SSSR count). The second kappa shape index (κ2) is 5.08. The van der Waals surface area contributed by atoms with Gasteiger partial charge >= 0.3 is 0 Å². The molecule has 4 heteroatoms. The van der Waals surface area contributed by atoms with Crippen LogP contribution in [0.2, 0.25) is 0 Å². The molecule has 1 heterocycles. The standard InChI is InChI=1S/C12H12BrNOS/c1-8-6-9(2-3-10(8)13)11(15)7-12-14-4-5-16-12/h2-6,11,15H,7H2,1H3. The van der Waals surface area contributed by atoms with Gasteiger partial charge in [-0.15, -0.1) is 11.3 Å². The van der Waals surface area contributed by atoms with Gasteiger partial charge in [0.15, 0.2) is 0 Å². The van der Waals surface area contributed by atoms with Crippen LogP contribution in [-0.2, 0) is 6.42 Å². The van der Waals surface area contributed by atoms with E-state index in [1.807, 2.05) is 30.5 Å². The summed E-state index contributed by atoms with van der Waals surface area (Å²) in [5.41, 5.74) is 2.08. The van der Waals surface area contributed by atoms with Gasteiger partial charge in [0.05, 0.1) is 11.1 Å². The molecule has 1 unspecified atom stereocenters. The zero-order valence-corrected chi connectivity index (χ0v) is 11.3. The van der Waals surface area contributed by atoms with Gasteiger partial charge in [0.2, 0.25) is 0 Å². The molecule has 84 valence electrons. The molecular weight excluding hydrogens is 286 g/mol. The maximum atomic E-state index is 10.1. The van der Waals surface area contributed by atoms with Crippen molar-refractivity contribution in [3.8, 4) is 0 Å². The number of hydrogen-bond donors (Lipinski definition) is 1. The Morgan fingerprint density at radius 3 is 2.94 bits per heavy atom. The third-order valence-corrected chi connectivity index (χ3v) is 4.11. The van der Waals surface area contributed by atoms with E-state index in [-0.39, 0.29) is 0 Å². The zero-order valence-electron chi connectivity index (χ0n) is 8.85. The molecule has 0 spiro atoms. The Morgan fingerprint density at radius 1 is 1.50 bits per heavy atom. The van der Waals surface area contributed by atoms with Gasteiger partial charge in [0, 0.05) is 22.5 Å². The number of thiazole rings is 1. The molecule has 0 aliphatic rings. The molecule has 0 saturated heterocycles. The van der Waals surface area contributed by atoms with Crippen LogP contribution in [0.1, 0.15) is 22.2 Å². The van der Waals surface area contributed by atoms with Crippen molar-refractivity contribution in [2.75, 3.05) is 0 Å². The van der Waals surface area contributed by atoms with Crippen molar-refractivity contribution < 1.29 is 5.11 Å². The Balaban J connectivity index is 2.14. The normalized spacial score (nSPS) is 12.7. The molecule has 0 amide bonds. The molecule has 0 aliphatic heterocycles. The summed E-state index contributed by atoms with van der Waals surface area (Å²) < 4.78 is 1.07. The molecule has 1 aromatic heterocycles. The number of hydrogen-bond acceptors (Lipinski definition) is 3. The van der Waals surface area contributed by atoms with Crippen molar-refractivity contribution in [2.24, 2.45) is 0 Å². The molecule has 1 aromatic carbocycles. The van der Waals surface area contributed by atoms with Crippen molar-refractivity contribution in [1.82, 2.24) is 4.98 Å². The highest BCUT2D eigenvalue weighted by Gasteiger charge is 2.10. The topological polar surface area (TPSA) is 33.1 Å². The number of aliphatic hydroxyl groups excluding tert-OH is 1. The van der Waals surface area contributed by atoms with Crippen LogP contribution in [0.5, 0.6) is 0 Å². The predicted octanol–water partition coefficient (Wildman–Crippen LogP) is 3.49. The number of rotatable bonds is 3. The molecule has 0 saturated carbocycles. The summed E-state index contributed by atoms with van der Waals surface area (Å²) in [6.07, 6.45) is 1.87. The number of halogens is 1. The molecule has 2 aromatic rings. The van der Waals surface area contributed by atoms with Crippen molar-refractivity contribution in [1.29, 1.82) is 0 Å². The first-order chi connectivity index (χ1) is 7.66. The molecule has 1 N–H and O–H groups in total. The first-order valence-corrected chi connectivity index (χ1v) is 6.66. The van der Waals surface area contributed by atoms with Crippen molar-refractivity contribution in [3.63, 3.8) is 0 Å². The van der Waals surface area contributed by atoms with Crippen LogP contribution in [0.15, 0.2) is 34.2 Å². The number of benzene rings is 1. The Kier molecular flexibility index (Phi) is 3.74. The van der Waals surface area contributed by atoms with Gasteiger partial charge in [-0.05, 0) is 24.1 Å². The van der Waals surface area contributed by atoms with E-state index in [0.29, 0.717) is 6.42 Å². The molecular formula is C12H12BrNOS. The number of nitrogens with zero attached hydrogens (tertiary/aromatic N) is 1. The lowest BCUT2D eigenvalue weighted by atomic mass is 10.0. The van der Waals surface area contributed by atoms with Gasteiger partial charge in [0.25, 0.3) is 0 Å². The lowest BCUT2D eigenvalue weighted by Gasteiger charge is -2.10. The minimum Gasteiger partial charge on any atom is -0.388 e. The average Bonchev–Trinajstić information content (AvgIpc) is 2.74. The van der Waals surface area contributed by atoms with Crippen molar-refractivity contribution in [3.05, 3.63) is 50.4 Å². The van der Waals surface area contributed by atoms with Crippen LogP contribution in [0.4, 0.5) is 0 Å². The zero-order chi connectivity index (χ0) is 11.5. The van der Waals surface area contributed by atoms with E-state index in [1.165, 1.54) is 0 Å². The average molecular weight is 298 g/mol. The Labute approximate surface area is 107 Å². The number of aryl methyl sites for hydroxylation is 1. The largest absolute Gasteiger partial charge is 0.388 e. The summed E-state index contributed by atoms with van der Waals surface area (Å²) in [7, 11) is 0. The number of aliphatic hydroxyl groups is 1. The van der Waals surface area contributed by atoms with Gasteiger partial charge in [-0.3, -0.25) is 0 Å². The predicted molar refractivity (Wildman–Crippen MR) is 69.7 cm³/mol. The molecule has 0 aliphatic carbocycles. The van der Waals surface area contributed by atoms with Crippen LogP contribution in [0, 0.1) is 6.92 Å². The highest BCUT2D eigenvalue weighted by atomic mass is 79.9. The SMILES string of the molecule is Cc1cc(C(O)Cc2nccs2)ccc1Br. The summed E-state index contributed by atoms with van der Waals surface area (Å²) in [4.78, 5) is 4.17. The van der Waals surface area contributed by atoms with E-state index in [1.54, 1.807) is 17.5 Å². The first-order valence-electron chi connectivity index (χ1n) is 4.99. The van der Waals surface area contributed by atoms with E-state index in [4.69, 9.17) is 0 Å². The van der Waals surface area contributed by atoms with Gasteiger partial charge in [0.1, 0.15) is 0 Å².